The number of carboxylic acids is 1. The highest BCUT2D eigenvalue weighted by molar-refractivity contribution is 6.31. The van der Waals surface area contributed by atoms with Crippen molar-refractivity contribution in [1.29, 1.82) is 0 Å². The maximum absolute atomic E-state index is 13.5. The van der Waals surface area contributed by atoms with Crippen LogP contribution < -0.4 is 21.1 Å². The lowest BCUT2D eigenvalue weighted by Crippen LogP contribution is -2.54. The number of rotatable bonds is 14. The normalized spacial score (nSPS) is 13.9. The fraction of sp³-hybridized carbons (Fsp3) is 0.323. The van der Waals surface area contributed by atoms with E-state index in [4.69, 9.17) is 22.1 Å². The standard InChI is InChI=1S/C31H36ClN3O5/c1-3-20(2)28(31(38)39)35-30(37)26(17-22-12-8-5-9-13-22)34-29(36)25-18-23(32)14-15-27(25)40-19-24(33)16-21-10-6-4-7-11-21/h4-15,18,20,24,26,28H,3,16-17,19,33H2,1-2H3,(H,34,36)(H,35,37)(H,38,39)/t20-,24-,26-,28-/m0/s1. The molecular weight excluding hydrogens is 530 g/mol. The quantitative estimate of drug-likeness (QED) is 0.231. The van der Waals surface area contributed by atoms with Gasteiger partial charge in [0, 0.05) is 17.5 Å². The number of hydrogen-bond acceptors (Lipinski definition) is 5. The second kappa shape index (κ2) is 15.1. The number of hydrogen-bond donors (Lipinski definition) is 4. The first-order valence-electron chi connectivity index (χ1n) is 13.3. The van der Waals surface area contributed by atoms with Crippen molar-refractivity contribution in [3.63, 3.8) is 0 Å². The monoisotopic (exact) mass is 565 g/mol. The molecule has 2 amide bonds. The van der Waals surface area contributed by atoms with Gasteiger partial charge in [-0.15, -0.1) is 0 Å². The van der Waals surface area contributed by atoms with Crippen LogP contribution in [0, 0.1) is 5.92 Å². The number of amides is 2. The maximum atomic E-state index is 13.5. The predicted molar refractivity (Wildman–Crippen MR) is 155 cm³/mol. The Labute approximate surface area is 239 Å². The lowest BCUT2D eigenvalue weighted by Gasteiger charge is -2.25. The topological polar surface area (TPSA) is 131 Å². The molecule has 0 aliphatic carbocycles. The molecule has 0 fully saturated rings. The number of carbonyl (C=O) groups is 3. The van der Waals surface area contributed by atoms with E-state index in [1.54, 1.807) is 19.1 Å². The Kier molecular flexibility index (Phi) is 11.5. The van der Waals surface area contributed by atoms with Crippen LogP contribution in [0.2, 0.25) is 5.02 Å². The van der Waals surface area contributed by atoms with E-state index in [1.165, 1.54) is 6.07 Å². The van der Waals surface area contributed by atoms with Crippen LogP contribution in [0.25, 0.3) is 0 Å². The van der Waals surface area contributed by atoms with Crippen LogP contribution in [-0.4, -0.2) is 47.6 Å². The maximum Gasteiger partial charge on any atom is 0.326 e. The Bertz CT molecular complexity index is 1270. The van der Waals surface area contributed by atoms with Crippen molar-refractivity contribution >= 4 is 29.4 Å². The average Bonchev–Trinajstić information content (AvgIpc) is 2.95. The minimum absolute atomic E-state index is 0.141. The van der Waals surface area contributed by atoms with Crippen LogP contribution in [0.1, 0.15) is 41.8 Å². The van der Waals surface area contributed by atoms with Crippen LogP contribution in [-0.2, 0) is 22.4 Å². The molecular formula is C31H36ClN3O5. The van der Waals surface area contributed by atoms with E-state index in [2.05, 4.69) is 10.6 Å². The molecule has 9 heteroatoms. The van der Waals surface area contributed by atoms with Gasteiger partial charge in [0.15, 0.2) is 0 Å². The molecule has 0 heterocycles. The van der Waals surface area contributed by atoms with Crippen molar-refractivity contribution in [2.45, 2.75) is 51.2 Å². The molecule has 0 saturated heterocycles. The lowest BCUT2D eigenvalue weighted by atomic mass is 9.98. The molecule has 0 aromatic heterocycles. The van der Waals surface area contributed by atoms with E-state index < -0.39 is 29.9 Å². The van der Waals surface area contributed by atoms with Gasteiger partial charge in [0.1, 0.15) is 24.4 Å². The molecule has 212 valence electrons. The van der Waals surface area contributed by atoms with E-state index in [-0.39, 0.29) is 36.3 Å². The molecule has 0 radical (unpaired) electrons. The van der Waals surface area contributed by atoms with E-state index >= 15 is 0 Å². The van der Waals surface area contributed by atoms with Gasteiger partial charge in [-0.25, -0.2) is 4.79 Å². The molecule has 3 aromatic carbocycles. The van der Waals surface area contributed by atoms with Gasteiger partial charge in [0.05, 0.1) is 5.56 Å². The highest BCUT2D eigenvalue weighted by Gasteiger charge is 2.30. The number of aliphatic carboxylic acids is 1. The summed E-state index contributed by atoms with van der Waals surface area (Å²) in [6.45, 7) is 3.75. The highest BCUT2D eigenvalue weighted by Crippen LogP contribution is 2.24. The third-order valence-corrected chi connectivity index (χ3v) is 6.90. The van der Waals surface area contributed by atoms with E-state index in [1.807, 2.05) is 67.6 Å². The summed E-state index contributed by atoms with van der Waals surface area (Å²) in [5.74, 6) is -2.35. The van der Waals surface area contributed by atoms with Gasteiger partial charge >= 0.3 is 5.97 Å². The van der Waals surface area contributed by atoms with Gasteiger partial charge in [-0.1, -0.05) is 92.5 Å². The zero-order valence-electron chi connectivity index (χ0n) is 22.7. The summed E-state index contributed by atoms with van der Waals surface area (Å²) in [6, 6.07) is 21.1. The molecule has 0 aliphatic rings. The van der Waals surface area contributed by atoms with Gasteiger partial charge < -0.3 is 26.2 Å². The molecule has 0 aliphatic heterocycles. The number of halogens is 1. The molecule has 0 bridgehead atoms. The van der Waals surface area contributed by atoms with Crippen LogP contribution >= 0.6 is 11.6 Å². The van der Waals surface area contributed by atoms with Crippen LogP contribution in [0.4, 0.5) is 0 Å². The van der Waals surface area contributed by atoms with Gasteiger partial charge in [-0.05, 0) is 41.7 Å². The van der Waals surface area contributed by atoms with E-state index in [0.717, 1.165) is 11.1 Å². The SMILES string of the molecule is CC[C@H](C)[C@H](NC(=O)[C@H](Cc1ccccc1)NC(=O)c1cc(Cl)ccc1OC[C@@H](N)Cc1ccccc1)C(=O)O. The van der Waals surface area contributed by atoms with Crippen LogP contribution in [0.3, 0.4) is 0 Å². The van der Waals surface area contributed by atoms with Gasteiger partial charge in [0.2, 0.25) is 5.91 Å². The second-order valence-electron chi connectivity index (χ2n) is 9.83. The predicted octanol–water partition coefficient (Wildman–Crippen LogP) is 4.25. The molecule has 5 N–H and O–H groups in total. The first-order valence-corrected chi connectivity index (χ1v) is 13.7. The molecule has 3 aromatic rings. The largest absolute Gasteiger partial charge is 0.491 e. The van der Waals surface area contributed by atoms with Crippen LogP contribution in [0.15, 0.2) is 78.9 Å². The van der Waals surface area contributed by atoms with Crippen molar-refractivity contribution in [2.75, 3.05) is 6.61 Å². The van der Waals surface area contributed by atoms with Crippen molar-refractivity contribution < 1.29 is 24.2 Å². The number of nitrogens with two attached hydrogens (primary N) is 1. The first kappa shape index (κ1) is 30.7. The Balaban J connectivity index is 1.79. The van der Waals surface area contributed by atoms with Crippen LogP contribution in [0.5, 0.6) is 5.75 Å². The summed E-state index contributed by atoms with van der Waals surface area (Å²) in [6.07, 6.45) is 1.31. The molecule has 0 saturated carbocycles. The average molecular weight is 566 g/mol. The number of ether oxygens (including phenoxy) is 1. The Hall–Kier alpha value is -3.88. The summed E-state index contributed by atoms with van der Waals surface area (Å²) < 4.78 is 5.93. The van der Waals surface area contributed by atoms with Gasteiger partial charge in [0.25, 0.3) is 5.91 Å². The molecule has 0 spiro atoms. The third kappa shape index (κ3) is 9.10. The van der Waals surface area contributed by atoms with E-state index in [9.17, 15) is 19.5 Å². The summed E-state index contributed by atoms with van der Waals surface area (Å²) in [7, 11) is 0. The van der Waals surface area contributed by atoms with Crippen molar-refractivity contribution in [1.82, 2.24) is 10.6 Å². The molecule has 0 unspecified atom stereocenters. The van der Waals surface area contributed by atoms with Gasteiger partial charge in [-0.3, -0.25) is 9.59 Å². The summed E-state index contributed by atoms with van der Waals surface area (Å²) in [4.78, 5) is 38.7. The number of benzene rings is 3. The van der Waals surface area contributed by atoms with Crippen molar-refractivity contribution in [3.8, 4) is 5.75 Å². The molecule has 8 nitrogen and oxygen atoms in total. The summed E-state index contributed by atoms with van der Waals surface area (Å²) in [5.41, 5.74) is 8.28. The third-order valence-electron chi connectivity index (χ3n) is 6.66. The minimum Gasteiger partial charge on any atom is -0.491 e. The fourth-order valence-corrected chi connectivity index (χ4v) is 4.38. The summed E-state index contributed by atoms with van der Waals surface area (Å²) in [5, 5.41) is 15.4. The molecule has 3 rings (SSSR count). The first-order chi connectivity index (χ1) is 19.2. The Morgan fingerprint density at radius 2 is 1.52 bits per heavy atom. The zero-order chi connectivity index (χ0) is 29.1. The minimum atomic E-state index is -1.13. The smallest absolute Gasteiger partial charge is 0.326 e. The van der Waals surface area contributed by atoms with E-state index in [0.29, 0.717) is 17.9 Å². The number of carbonyl (C=O) groups excluding carboxylic acids is 2. The highest BCUT2D eigenvalue weighted by atomic mass is 35.5. The van der Waals surface area contributed by atoms with Crippen molar-refractivity contribution in [2.24, 2.45) is 11.7 Å². The second-order valence-corrected chi connectivity index (χ2v) is 10.3. The Morgan fingerprint density at radius 3 is 2.10 bits per heavy atom. The number of carboxylic acid groups (broad SMARTS) is 1. The molecule has 40 heavy (non-hydrogen) atoms. The van der Waals surface area contributed by atoms with Gasteiger partial charge in [-0.2, -0.15) is 0 Å². The van der Waals surface area contributed by atoms with Crippen molar-refractivity contribution in [3.05, 3.63) is 101 Å². The zero-order valence-corrected chi connectivity index (χ0v) is 23.4. The molecule has 4 atom stereocenters. The number of nitrogens with one attached hydrogen (secondary N) is 2. The Morgan fingerprint density at radius 1 is 0.925 bits per heavy atom. The summed E-state index contributed by atoms with van der Waals surface area (Å²) >= 11 is 6.21. The lowest BCUT2D eigenvalue weighted by molar-refractivity contribution is -0.143. The fourth-order valence-electron chi connectivity index (χ4n) is 4.21.